The van der Waals surface area contributed by atoms with Crippen molar-refractivity contribution in [3.8, 4) is 5.75 Å². The summed E-state index contributed by atoms with van der Waals surface area (Å²) < 4.78 is 34.6. The number of aryl methyl sites for hydroxylation is 1. The van der Waals surface area contributed by atoms with Crippen LogP contribution in [-0.2, 0) is 16.4 Å². The van der Waals surface area contributed by atoms with Crippen molar-refractivity contribution in [3.05, 3.63) is 59.2 Å². The molecule has 0 saturated heterocycles. The van der Waals surface area contributed by atoms with E-state index in [9.17, 15) is 13.2 Å². The van der Waals surface area contributed by atoms with E-state index in [0.717, 1.165) is 12.0 Å². The predicted octanol–water partition coefficient (Wildman–Crippen LogP) is 4.03. The molecule has 0 fully saturated rings. The minimum absolute atomic E-state index is 0.0700. The quantitative estimate of drug-likeness (QED) is 0.786. The first-order valence-electron chi connectivity index (χ1n) is 9.06. The fraction of sp³-hybridized carbons (Fsp3) is 0.381. The minimum atomic E-state index is -3.70. The molecule has 1 heterocycles. The van der Waals surface area contributed by atoms with Crippen LogP contribution in [0, 0.1) is 0 Å². The number of rotatable bonds is 5. The number of carbonyl (C=O) groups is 1. The maximum Gasteiger partial charge on any atom is 0.241 e. The summed E-state index contributed by atoms with van der Waals surface area (Å²) in [4.78, 5) is 12.0. The molecule has 1 atom stereocenters. The molecule has 1 N–H and O–H groups in total. The number of benzene rings is 2. The number of hydrogen-bond donors (Lipinski definition) is 1. The van der Waals surface area contributed by atoms with Crippen molar-refractivity contribution in [2.75, 3.05) is 0 Å². The average Bonchev–Trinajstić information content (AvgIpc) is 2.60. The van der Waals surface area contributed by atoms with Gasteiger partial charge in [-0.1, -0.05) is 19.1 Å². The molecule has 0 spiro atoms. The Hall–Kier alpha value is -2.18. The van der Waals surface area contributed by atoms with Crippen LogP contribution in [0.15, 0.2) is 47.4 Å². The fourth-order valence-corrected chi connectivity index (χ4v) is 4.55. The molecule has 0 radical (unpaired) electrons. The summed E-state index contributed by atoms with van der Waals surface area (Å²) in [5.74, 6) is 0.532. The van der Waals surface area contributed by atoms with Crippen LogP contribution < -0.4 is 9.46 Å². The van der Waals surface area contributed by atoms with Crippen molar-refractivity contribution in [2.24, 2.45) is 0 Å². The first-order valence-corrected chi connectivity index (χ1v) is 10.5. The lowest BCUT2D eigenvalue weighted by molar-refractivity contribution is 0.0701. The van der Waals surface area contributed by atoms with Crippen LogP contribution in [0.1, 0.15) is 61.6 Å². The number of fused-ring (bicyclic) bond motifs is 1. The Bertz CT molecular complexity index is 962. The second-order valence-corrected chi connectivity index (χ2v) is 9.26. The van der Waals surface area contributed by atoms with Crippen LogP contribution >= 0.6 is 0 Å². The monoisotopic (exact) mass is 387 g/mol. The molecule has 5 nitrogen and oxygen atoms in total. The highest BCUT2D eigenvalue weighted by atomic mass is 32.2. The van der Waals surface area contributed by atoms with Gasteiger partial charge in [0.2, 0.25) is 10.0 Å². The van der Waals surface area contributed by atoms with Gasteiger partial charge in [0.15, 0.2) is 5.78 Å². The van der Waals surface area contributed by atoms with Gasteiger partial charge >= 0.3 is 0 Å². The summed E-state index contributed by atoms with van der Waals surface area (Å²) in [6, 6.07) is 11.6. The van der Waals surface area contributed by atoms with Crippen LogP contribution in [0.25, 0.3) is 0 Å². The van der Waals surface area contributed by atoms with Crippen molar-refractivity contribution in [3.63, 3.8) is 0 Å². The van der Waals surface area contributed by atoms with Crippen molar-refractivity contribution in [2.45, 2.75) is 57.1 Å². The van der Waals surface area contributed by atoms with Crippen LogP contribution in [0.3, 0.4) is 0 Å². The van der Waals surface area contributed by atoms with E-state index in [-0.39, 0.29) is 10.7 Å². The molecule has 27 heavy (non-hydrogen) atoms. The molecule has 2 aromatic rings. The topological polar surface area (TPSA) is 72.5 Å². The zero-order valence-electron chi connectivity index (χ0n) is 16.1. The van der Waals surface area contributed by atoms with Gasteiger partial charge < -0.3 is 4.74 Å². The Morgan fingerprint density at radius 1 is 1.19 bits per heavy atom. The number of ketones is 1. The molecule has 0 aliphatic carbocycles. The van der Waals surface area contributed by atoms with E-state index in [2.05, 4.69) is 4.72 Å². The Balaban J connectivity index is 1.98. The Morgan fingerprint density at radius 2 is 1.85 bits per heavy atom. The van der Waals surface area contributed by atoms with Gasteiger partial charge in [0, 0.05) is 17.5 Å². The third-order valence-corrected chi connectivity index (χ3v) is 6.30. The normalized spacial score (nSPS) is 18.4. The lowest BCUT2D eigenvalue weighted by atomic mass is 9.89. The molecule has 144 valence electrons. The number of nitrogens with one attached hydrogen (secondary N) is 1. The first kappa shape index (κ1) is 19.6. The Kier molecular flexibility index (Phi) is 5.14. The van der Waals surface area contributed by atoms with Crippen LogP contribution in [0.2, 0.25) is 0 Å². The Morgan fingerprint density at radius 3 is 2.44 bits per heavy atom. The lowest BCUT2D eigenvalue weighted by Gasteiger charge is -2.38. The maximum absolute atomic E-state index is 12.9. The van der Waals surface area contributed by atoms with Crippen molar-refractivity contribution in [1.29, 1.82) is 0 Å². The van der Waals surface area contributed by atoms with E-state index in [0.29, 0.717) is 23.3 Å². The van der Waals surface area contributed by atoms with Crippen molar-refractivity contribution in [1.82, 2.24) is 4.72 Å². The van der Waals surface area contributed by atoms with Crippen molar-refractivity contribution >= 4 is 15.8 Å². The van der Waals surface area contributed by atoms with E-state index in [4.69, 9.17) is 4.74 Å². The molecule has 0 bridgehead atoms. The summed E-state index contributed by atoms with van der Waals surface area (Å²) in [7, 11) is -3.70. The predicted molar refractivity (Wildman–Crippen MR) is 105 cm³/mol. The number of carbonyl (C=O) groups excluding carboxylic acids is 1. The first-order chi connectivity index (χ1) is 12.6. The SMILES string of the molecule is CCc1ccc(S(=O)(=O)N[C@H]2CC(C)(C)Oc3ccc(C(C)=O)cc32)cc1. The van der Waals surface area contributed by atoms with Crippen LogP contribution in [0.4, 0.5) is 0 Å². The van der Waals surface area contributed by atoms with Gasteiger partial charge in [-0.15, -0.1) is 0 Å². The molecule has 0 unspecified atom stereocenters. The summed E-state index contributed by atoms with van der Waals surface area (Å²) in [6.45, 7) is 7.36. The molecule has 0 aromatic heterocycles. The molecule has 1 aliphatic rings. The van der Waals surface area contributed by atoms with Gasteiger partial charge in [-0.25, -0.2) is 13.1 Å². The highest BCUT2D eigenvalue weighted by Crippen LogP contribution is 2.40. The fourth-order valence-electron chi connectivity index (χ4n) is 3.34. The number of Topliss-reactive ketones (excluding diaryl/α,β-unsaturated/α-hetero) is 1. The lowest BCUT2D eigenvalue weighted by Crippen LogP contribution is -2.41. The molecule has 6 heteroatoms. The second-order valence-electron chi connectivity index (χ2n) is 7.55. The average molecular weight is 388 g/mol. The summed E-state index contributed by atoms with van der Waals surface area (Å²) in [6.07, 6.45) is 1.32. The van der Waals surface area contributed by atoms with Gasteiger partial charge in [0.05, 0.1) is 10.9 Å². The van der Waals surface area contributed by atoms with Gasteiger partial charge in [0.25, 0.3) is 0 Å². The number of hydrogen-bond acceptors (Lipinski definition) is 4. The third kappa shape index (κ3) is 4.22. The van der Waals surface area contributed by atoms with E-state index >= 15 is 0 Å². The molecular formula is C21H25NO4S. The highest BCUT2D eigenvalue weighted by Gasteiger charge is 2.36. The third-order valence-electron chi connectivity index (χ3n) is 4.81. The standard InChI is InChI=1S/C21H25NO4S/c1-5-15-6-9-17(10-7-15)27(24,25)22-19-13-21(3,4)26-20-11-8-16(14(2)23)12-18(19)20/h6-12,19,22H,5,13H2,1-4H3/t19-/m0/s1. The molecule has 0 saturated carbocycles. The van der Waals surface area contributed by atoms with Gasteiger partial charge in [-0.05, 0) is 63.1 Å². The highest BCUT2D eigenvalue weighted by molar-refractivity contribution is 7.89. The van der Waals surface area contributed by atoms with Crippen LogP contribution in [0.5, 0.6) is 5.75 Å². The molecule has 1 aliphatic heterocycles. The van der Waals surface area contributed by atoms with Gasteiger partial charge in [0.1, 0.15) is 11.4 Å². The minimum Gasteiger partial charge on any atom is -0.487 e. The van der Waals surface area contributed by atoms with E-state index in [1.807, 2.05) is 32.9 Å². The number of sulfonamides is 1. The van der Waals surface area contributed by atoms with E-state index in [1.165, 1.54) is 6.92 Å². The smallest absolute Gasteiger partial charge is 0.241 e. The molecule has 0 amide bonds. The molecular weight excluding hydrogens is 362 g/mol. The van der Waals surface area contributed by atoms with Crippen molar-refractivity contribution < 1.29 is 17.9 Å². The zero-order valence-corrected chi connectivity index (χ0v) is 16.9. The van der Waals surface area contributed by atoms with Crippen LogP contribution in [-0.4, -0.2) is 19.8 Å². The zero-order chi connectivity index (χ0) is 19.8. The van der Waals surface area contributed by atoms with E-state index < -0.39 is 21.7 Å². The summed E-state index contributed by atoms with van der Waals surface area (Å²) in [5.41, 5.74) is 1.78. The number of ether oxygens (including phenoxy) is 1. The second kappa shape index (κ2) is 7.09. The summed E-state index contributed by atoms with van der Waals surface area (Å²) >= 11 is 0. The molecule has 3 rings (SSSR count). The molecule has 2 aromatic carbocycles. The van der Waals surface area contributed by atoms with Gasteiger partial charge in [-0.3, -0.25) is 4.79 Å². The van der Waals surface area contributed by atoms with Gasteiger partial charge in [-0.2, -0.15) is 0 Å². The summed E-state index contributed by atoms with van der Waals surface area (Å²) in [5, 5.41) is 0. The largest absolute Gasteiger partial charge is 0.487 e. The maximum atomic E-state index is 12.9. The van der Waals surface area contributed by atoms with E-state index in [1.54, 1.807) is 30.3 Å². The Labute approximate surface area is 160 Å².